The van der Waals surface area contributed by atoms with Gasteiger partial charge in [0, 0.05) is 38.8 Å². The molecule has 0 aromatic rings. The van der Waals surface area contributed by atoms with Crippen molar-refractivity contribution in [1.29, 1.82) is 0 Å². The maximum atomic E-state index is 12.0. The van der Waals surface area contributed by atoms with Gasteiger partial charge in [0.25, 0.3) is 0 Å². The Kier molecular flexibility index (Phi) is 7.10. The summed E-state index contributed by atoms with van der Waals surface area (Å²) in [6.45, 7) is 12.3. The molecule has 0 spiro atoms. The number of ether oxygens (including phenoxy) is 1. The number of piperidine rings is 1. The zero-order valence-corrected chi connectivity index (χ0v) is 14.3. The molecule has 1 fully saturated rings. The first kappa shape index (κ1) is 18.4. The van der Waals surface area contributed by atoms with Crippen molar-refractivity contribution >= 4 is 5.91 Å². The highest BCUT2D eigenvalue weighted by atomic mass is 16.5. The summed E-state index contributed by atoms with van der Waals surface area (Å²) in [7, 11) is 1.59. The first-order valence-corrected chi connectivity index (χ1v) is 8.03. The van der Waals surface area contributed by atoms with Crippen LogP contribution in [0.15, 0.2) is 0 Å². The fraction of sp³-hybridized carbons (Fsp3) is 0.938. The Labute approximate surface area is 129 Å². The van der Waals surface area contributed by atoms with Crippen LogP contribution in [0.4, 0.5) is 0 Å². The van der Waals surface area contributed by atoms with Crippen molar-refractivity contribution < 1.29 is 9.53 Å². The average molecular weight is 299 g/mol. The number of methoxy groups -OCH3 is 1. The van der Waals surface area contributed by atoms with E-state index >= 15 is 0 Å². The fourth-order valence-electron chi connectivity index (χ4n) is 3.13. The molecule has 124 valence electrons. The molecule has 0 aromatic carbocycles. The molecule has 1 aliphatic rings. The summed E-state index contributed by atoms with van der Waals surface area (Å²) in [4.78, 5) is 14.5. The summed E-state index contributed by atoms with van der Waals surface area (Å²) in [5.41, 5.74) is 5.52. The first-order valence-electron chi connectivity index (χ1n) is 8.03. The number of nitrogens with one attached hydrogen (secondary N) is 1. The van der Waals surface area contributed by atoms with E-state index in [1.807, 2.05) is 0 Å². The zero-order chi connectivity index (χ0) is 16.0. The lowest BCUT2D eigenvalue weighted by Crippen LogP contribution is -2.56. The highest BCUT2D eigenvalue weighted by Gasteiger charge is 2.32. The normalized spacial score (nSPS) is 25.6. The molecule has 3 unspecified atom stereocenters. The van der Waals surface area contributed by atoms with Crippen molar-refractivity contribution in [3.63, 3.8) is 0 Å². The third kappa shape index (κ3) is 5.93. The second-order valence-corrected chi connectivity index (χ2v) is 7.24. The van der Waals surface area contributed by atoms with Crippen LogP contribution >= 0.6 is 0 Å². The van der Waals surface area contributed by atoms with Gasteiger partial charge in [-0.25, -0.2) is 0 Å². The Morgan fingerprint density at radius 2 is 1.95 bits per heavy atom. The van der Waals surface area contributed by atoms with E-state index < -0.39 is 0 Å². The van der Waals surface area contributed by atoms with Crippen molar-refractivity contribution in [2.45, 2.75) is 52.2 Å². The van der Waals surface area contributed by atoms with Gasteiger partial charge in [-0.05, 0) is 32.1 Å². The maximum Gasteiger partial charge on any atom is 0.222 e. The van der Waals surface area contributed by atoms with Gasteiger partial charge in [-0.3, -0.25) is 9.69 Å². The summed E-state index contributed by atoms with van der Waals surface area (Å²) in [6, 6.07) is 0. The minimum atomic E-state index is -0.192. The zero-order valence-electron chi connectivity index (χ0n) is 14.3. The van der Waals surface area contributed by atoms with Crippen molar-refractivity contribution in [3.05, 3.63) is 0 Å². The van der Waals surface area contributed by atoms with Gasteiger partial charge in [0.15, 0.2) is 0 Å². The molecule has 0 bridgehead atoms. The number of hydrogen-bond donors (Lipinski definition) is 2. The van der Waals surface area contributed by atoms with Crippen molar-refractivity contribution in [2.24, 2.45) is 17.6 Å². The number of amides is 1. The number of rotatable bonds is 7. The van der Waals surface area contributed by atoms with Crippen molar-refractivity contribution in [2.75, 3.05) is 33.3 Å². The van der Waals surface area contributed by atoms with Gasteiger partial charge in [-0.2, -0.15) is 0 Å². The third-order valence-corrected chi connectivity index (χ3v) is 4.45. The van der Waals surface area contributed by atoms with Crippen LogP contribution in [0.3, 0.4) is 0 Å². The summed E-state index contributed by atoms with van der Waals surface area (Å²) < 4.78 is 5.15. The minimum absolute atomic E-state index is 0.0125. The number of nitrogens with two attached hydrogens (primary N) is 1. The summed E-state index contributed by atoms with van der Waals surface area (Å²) in [5, 5.41) is 3.03. The van der Waals surface area contributed by atoms with Gasteiger partial charge in [-0.1, -0.05) is 13.8 Å². The highest BCUT2D eigenvalue weighted by molar-refractivity contribution is 5.76. The van der Waals surface area contributed by atoms with Crippen molar-refractivity contribution in [3.8, 4) is 0 Å². The van der Waals surface area contributed by atoms with Gasteiger partial charge in [-0.15, -0.1) is 0 Å². The fourth-order valence-corrected chi connectivity index (χ4v) is 3.13. The van der Waals surface area contributed by atoms with E-state index in [0.717, 1.165) is 24.9 Å². The molecule has 1 amide bonds. The molecule has 0 radical (unpaired) electrons. The SMILES string of the molecule is COC(CN)CC(=O)NCC(C)(C)N1CC(C)CC(C)C1. The smallest absolute Gasteiger partial charge is 0.222 e. The van der Waals surface area contributed by atoms with Crippen LogP contribution in [0.2, 0.25) is 0 Å². The lowest BCUT2D eigenvalue weighted by atomic mass is 9.88. The Morgan fingerprint density at radius 3 is 2.43 bits per heavy atom. The molecule has 1 rings (SSSR count). The van der Waals surface area contributed by atoms with Gasteiger partial charge in [0.2, 0.25) is 5.91 Å². The lowest BCUT2D eigenvalue weighted by molar-refractivity contribution is -0.124. The molecule has 0 aliphatic carbocycles. The van der Waals surface area contributed by atoms with Crippen molar-refractivity contribution in [1.82, 2.24) is 10.2 Å². The van der Waals surface area contributed by atoms with E-state index in [0.29, 0.717) is 19.5 Å². The Balaban J connectivity index is 2.46. The molecule has 21 heavy (non-hydrogen) atoms. The summed E-state index contributed by atoms with van der Waals surface area (Å²) in [6.07, 6.45) is 1.43. The van der Waals surface area contributed by atoms with Crippen LogP contribution in [0, 0.1) is 11.8 Å². The van der Waals surface area contributed by atoms with Gasteiger partial charge in [0.05, 0.1) is 12.5 Å². The van der Waals surface area contributed by atoms with E-state index in [1.165, 1.54) is 6.42 Å². The van der Waals surface area contributed by atoms with E-state index in [-0.39, 0.29) is 17.6 Å². The molecular weight excluding hydrogens is 266 g/mol. The Morgan fingerprint density at radius 1 is 1.38 bits per heavy atom. The highest BCUT2D eigenvalue weighted by Crippen LogP contribution is 2.26. The second kappa shape index (κ2) is 8.11. The van der Waals surface area contributed by atoms with Crippen LogP contribution in [-0.4, -0.2) is 55.7 Å². The lowest BCUT2D eigenvalue weighted by Gasteiger charge is -2.45. The molecule has 0 saturated carbocycles. The number of carbonyl (C=O) groups excluding carboxylic acids is 1. The van der Waals surface area contributed by atoms with Gasteiger partial charge >= 0.3 is 0 Å². The van der Waals surface area contributed by atoms with Crippen LogP contribution < -0.4 is 11.1 Å². The van der Waals surface area contributed by atoms with Crippen LogP contribution in [0.1, 0.15) is 40.5 Å². The van der Waals surface area contributed by atoms with E-state index in [4.69, 9.17) is 10.5 Å². The van der Waals surface area contributed by atoms with E-state index in [9.17, 15) is 4.79 Å². The van der Waals surface area contributed by atoms with Crippen LogP contribution in [0.5, 0.6) is 0 Å². The predicted octanol–water partition coefficient (Wildman–Crippen LogP) is 1.22. The summed E-state index contributed by atoms with van der Waals surface area (Å²) in [5.74, 6) is 1.45. The number of hydrogen-bond acceptors (Lipinski definition) is 4. The molecule has 3 atom stereocenters. The number of nitrogens with zero attached hydrogens (tertiary/aromatic N) is 1. The number of likely N-dealkylation sites (tertiary alicyclic amines) is 1. The molecule has 5 heteroatoms. The standard InChI is InChI=1S/C16H33N3O2/c1-12-6-13(2)10-19(9-12)16(3,4)11-18-15(20)7-14(8-17)21-5/h12-14H,6-11,17H2,1-5H3,(H,18,20). The maximum absolute atomic E-state index is 12.0. The summed E-state index contributed by atoms with van der Waals surface area (Å²) >= 11 is 0. The predicted molar refractivity (Wildman–Crippen MR) is 86.1 cm³/mol. The quantitative estimate of drug-likeness (QED) is 0.742. The molecule has 1 aliphatic heterocycles. The molecule has 1 saturated heterocycles. The molecule has 0 aromatic heterocycles. The Bertz CT molecular complexity index is 319. The second-order valence-electron chi connectivity index (χ2n) is 7.24. The molecule has 5 nitrogen and oxygen atoms in total. The molecule has 3 N–H and O–H groups in total. The molecular formula is C16H33N3O2. The molecule has 1 heterocycles. The monoisotopic (exact) mass is 299 g/mol. The Hall–Kier alpha value is -0.650. The van der Waals surface area contributed by atoms with E-state index in [2.05, 4.69) is 37.9 Å². The van der Waals surface area contributed by atoms with Crippen LogP contribution in [0.25, 0.3) is 0 Å². The average Bonchev–Trinajstić information content (AvgIpc) is 2.41. The largest absolute Gasteiger partial charge is 0.380 e. The van der Waals surface area contributed by atoms with E-state index in [1.54, 1.807) is 7.11 Å². The third-order valence-electron chi connectivity index (χ3n) is 4.45. The first-order chi connectivity index (χ1) is 9.78. The van der Waals surface area contributed by atoms with Gasteiger partial charge in [0.1, 0.15) is 0 Å². The topological polar surface area (TPSA) is 67.6 Å². The van der Waals surface area contributed by atoms with Gasteiger partial charge < -0.3 is 15.8 Å². The minimum Gasteiger partial charge on any atom is -0.380 e. The number of carbonyl (C=O) groups is 1. The van der Waals surface area contributed by atoms with Crippen LogP contribution in [-0.2, 0) is 9.53 Å².